The zero-order chi connectivity index (χ0) is 58.9. The van der Waals surface area contributed by atoms with Crippen LogP contribution in [0, 0.1) is 11.8 Å². The van der Waals surface area contributed by atoms with Crippen LogP contribution in [-0.4, -0.2) is 5.79 Å². The van der Waals surface area contributed by atoms with Gasteiger partial charge in [-0.25, -0.2) is 0 Å². The van der Waals surface area contributed by atoms with Gasteiger partial charge in [-0.05, 0) is 162 Å². The molecule has 0 radical (unpaired) electrons. The van der Waals surface area contributed by atoms with Gasteiger partial charge in [-0.2, -0.15) is 0 Å². The maximum Gasteiger partial charge on any atom is 0.257 e. The number of benzene rings is 6. The number of ether oxygens (including phenoxy) is 2. The van der Waals surface area contributed by atoms with Gasteiger partial charge in [-0.3, -0.25) is 0 Å². The van der Waals surface area contributed by atoms with E-state index < -0.39 is 21.6 Å². The van der Waals surface area contributed by atoms with Crippen LogP contribution in [0.15, 0.2) is 109 Å². The van der Waals surface area contributed by atoms with E-state index in [-0.39, 0.29) is 55.2 Å². The minimum Gasteiger partial charge on any atom is -0.451 e. The van der Waals surface area contributed by atoms with Gasteiger partial charge < -0.3 is 9.47 Å². The summed E-state index contributed by atoms with van der Waals surface area (Å²) in [6.45, 7) is 57.1. The van der Waals surface area contributed by atoms with Crippen LogP contribution in [0.3, 0.4) is 0 Å². The summed E-state index contributed by atoms with van der Waals surface area (Å²) >= 11 is 0. The SMILES string of the molecule is CC(C)(C)c1cc(P(c2cc(C(C)(C)C)cc(C(C)(C)C)c2)c2cccc3c2O[C@]24Oc5c(cccc5P(c5cc(C(C)(C)C)cc(C(C)(C)C)c5)c5cc(C(C)(C)C)cc(C(C)(C)C)c5)C[C@H]2CCCC4C3)cc(C(C)(C)C)c1. The largest absolute Gasteiger partial charge is 0.451 e. The lowest BCUT2D eigenvalue weighted by molar-refractivity contribution is -0.225. The lowest BCUT2D eigenvalue weighted by atomic mass is 9.68. The number of para-hydroxylation sites is 2. The van der Waals surface area contributed by atoms with Crippen LogP contribution in [0.25, 0.3) is 0 Å². The molecule has 9 rings (SSSR count). The molecule has 2 aliphatic heterocycles. The predicted octanol–water partition coefficient (Wildman–Crippen LogP) is 18.3. The molecule has 2 nitrogen and oxygen atoms in total. The van der Waals surface area contributed by atoms with E-state index in [1.807, 2.05) is 0 Å². The average molecular weight is 1110 g/mol. The van der Waals surface area contributed by atoms with E-state index in [4.69, 9.17) is 9.47 Å². The zero-order valence-corrected chi connectivity index (χ0v) is 56.1. The Morgan fingerprint density at radius 3 is 0.762 bits per heavy atom. The van der Waals surface area contributed by atoms with Crippen LogP contribution in [0.5, 0.6) is 11.5 Å². The molecule has 6 aromatic rings. The van der Waals surface area contributed by atoms with Crippen molar-refractivity contribution in [2.75, 3.05) is 0 Å². The Labute approximate surface area is 490 Å². The second-order valence-corrected chi connectivity index (χ2v) is 37.3. The molecule has 0 bridgehead atoms. The molecular weight excluding hydrogens is 1010 g/mol. The van der Waals surface area contributed by atoms with Crippen molar-refractivity contribution in [3.05, 3.63) is 165 Å². The first-order chi connectivity index (χ1) is 36.6. The first-order valence-electron chi connectivity index (χ1n) is 30.5. The molecule has 1 unspecified atom stereocenters. The van der Waals surface area contributed by atoms with Crippen molar-refractivity contribution in [1.29, 1.82) is 0 Å². The van der Waals surface area contributed by atoms with Gasteiger partial charge in [0.25, 0.3) is 5.79 Å². The summed E-state index contributed by atoms with van der Waals surface area (Å²) in [4.78, 5) is 0. The lowest BCUT2D eigenvalue weighted by Crippen LogP contribution is -2.62. The lowest BCUT2D eigenvalue weighted by Gasteiger charge is -2.54. The van der Waals surface area contributed by atoms with Gasteiger partial charge in [0.2, 0.25) is 0 Å². The van der Waals surface area contributed by atoms with Gasteiger partial charge in [-0.1, -0.05) is 282 Å². The molecular formula is C76H102O2P2. The molecule has 1 aliphatic carbocycles. The van der Waals surface area contributed by atoms with Crippen molar-refractivity contribution in [3.8, 4) is 11.5 Å². The van der Waals surface area contributed by atoms with Crippen LogP contribution in [-0.2, 0) is 56.2 Å². The molecule has 0 N–H and O–H groups in total. The molecule has 6 aromatic carbocycles. The van der Waals surface area contributed by atoms with Crippen LogP contribution in [0.1, 0.15) is 241 Å². The van der Waals surface area contributed by atoms with E-state index in [1.54, 1.807) is 0 Å². The first-order valence-corrected chi connectivity index (χ1v) is 33.2. The monoisotopic (exact) mass is 1110 g/mol. The van der Waals surface area contributed by atoms with Crippen LogP contribution < -0.4 is 41.3 Å². The summed E-state index contributed by atoms with van der Waals surface area (Å²) < 4.78 is 16.5. The maximum absolute atomic E-state index is 8.23. The van der Waals surface area contributed by atoms with Crippen LogP contribution in [0.2, 0.25) is 0 Å². The molecule has 0 aromatic heterocycles. The predicted molar refractivity (Wildman–Crippen MR) is 352 cm³/mol. The number of hydrogen-bond acceptors (Lipinski definition) is 2. The molecule has 0 amide bonds. The highest BCUT2D eigenvalue weighted by molar-refractivity contribution is 7.80. The summed E-state index contributed by atoms with van der Waals surface area (Å²) in [6, 6.07) is 44.8. The molecule has 1 spiro atoms. The smallest absolute Gasteiger partial charge is 0.257 e. The van der Waals surface area contributed by atoms with Gasteiger partial charge in [-0.15, -0.1) is 0 Å². The molecule has 3 atom stereocenters. The van der Waals surface area contributed by atoms with Gasteiger partial charge in [0.05, 0.1) is 0 Å². The van der Waals surface area contributed by atoms with Crippen molar-refractivity contribution >= 4 is 47.7 Å². The van der Waals surface area contributed by atoms with Crippen LogP contribution >= 0.6 is 15.8 Å². The fourth-order valence-corrected chi connectivity index (χ4v) is 17.5. The Morgan fingerprint density at radius 2 is 0.550 bits per heavy atom. The van der Waals surface area contributed by atoms with Crippen molar-refractivity contribution in [3.63, 3.8) is 0 Å². The fourth-order valence-electron chi connectivity index (χ4n) is 12.4. The highest BCUT2D eigenvalue weighted by Gasteiger charge is 2.58. The van der Waals surface area contributed by atoms with Gasteiger partial charge >= 0.3 is 0 Å². The Bertz CT molecular complexity index is 2790. The van der Waals surface area contributed by atoms with Crippen molar-refractivity contribution in [2.45, 2.75) is 247 Å². The highest BCUT2D eigenvalue weighted by Crippen LogP contribution is 2.56. The molecule has 3 aliphatic rings. The van der Waals surface area contributed by atoms with Crippen molar-refractivity contribution in [2.24, 2.45) is 11.8 Å². The topological polar surface area (TPSA) is 18.5 Å². The first kappa shape index (κ1) is 60.4. The van der Waals surface area contributed by atoms with E-state index in [9.17, 15) is 0 Å². The molecule has 428 valence electrons. The van der Waals surface area contributed by atoms with Crippen molar-refractivity contribution < 1.29 is 9.47 Å². The van der Waals surface area contributed by atoms with Gasteiger partial charge in [0.1, 0.15) is 11.5 Å². The standard InChI is InChI=1S/C76H102O2P2/c1-68(2,3)52-36-53(69(4,5)6)41-60(40-52)79(61-42-54(70(7,8)9)37-55(43-61)71(10,11)12)64-32-25-28-48-34-50-30-27-31-51-35-49-29-26-33-65(67(49)78-76(50,51)77-66(48)64)80(62-44-56(72(13,14)15)38-57(45-62)73(16,17)18)63-46-58(74(19,20)21)39-59(47-63)75(22,23)24/h25-26,28-29,32-33,36-47,50-51H,27,30-31,34-35H2,1-24H3/t50-,51?,76-/m1/s1. The normalized spacial score (nSPS) is 19.2. The fraction of sp³-hybridized carbons (Fsp3) is 0.526. The van der Waals surface area contributed by atoms with Gasteiger partial charge in [0, 0.05) is 22.4 Å². The van der Waals surface area contributed by atoms with E-state index in [0.29, 0.717) is 0 Å². The summed E-state index contributed by atoms with van der Waals surface area (Å²) in [5.41, 5.74) is 13.4. The molecule has 80 heavy (non-hydrogen) atoms. The Kier molecular flexibility index (Phi) is 15.5. The third-order valence-electron chi connectivity index (χ3n) is 18.0. The molecule has 0 saturated heterocycles. The molecule has 2 heterocycles. The Balaban J connectivity index is 1.31. The molecule has 4 heteroatoms. The number of fused-ring (bicyclic) bond motifs is 2. The minimum absolute atomic E-state index is 0.0415. The number of rotatable bonds is 6. The van der Waals surface area contributed by atoms with E-state index in [1.165, 1.54) is 93.9 Å². The van der Waals surface area contributed by atoms with E-state index in [2.05, 4.69) is 275 Å². The third kappa shape index (κ3) is 12.1. The second-order valence-electron chi connectivity index (χ2n) is 32.9. The second kappa shape index (κ2) is 20.5. The summed E-state index contributed by atoms with van der Waals surface area (Å²) in [5.74, 6) is 1.71. The summed E-state index contributed by atoms with van der Waals surface area (Å²) in [7, 11) is -2.25. The minimum atomic E-state index is -1.13. The average Bonchev–Trinajstić information content (AvgIpc) is 3.33. The third-order valence-corrected chi connectivity index (χ3v) is 22.7. The maximum atomic E-state index is 8.23. The van der Waals surface area contributed by atoms with Crippen molar-refractivity contribution in [1.82, 2.24) is 0 Å². The van der Waals surface area contributed by atoms with Gasteiger partial charge in [0.15, 0.2) is 0 Å². The quantitative estimate of drug-likeness (QED) is 0.155. The summed E-state index contributed by atoms with van der Waals surface area (Å²) in [6.07, 6.45) is 5.21. The van der Waals surface area contributed by atoms with E-state index in [0.717, 1.165) is 37.2 Å². The van der Waals surface area contributed by atoms with E-state index >= 15 is 0 Å². The van der Waals surface area contributed by atoms with Crippen LogP contribution in [0.4, 0.5) is 0 Å². The molecule has 1 fully saturated rings. The highest BCUT2D eigenvalue weighted by atomic mass is 31.1. The summed E-state index contributed by atoms with van der Waals surface area (Å²) in [5, 5.41) is 8.17. The zero-order valence-electron chi connectivity index (χ0n) is 54.3. The molecule has 1 saturated carbocycles. The number of hydrogen-bond donors (Lipinski definition) is 0. The Morgan fingerprint density at radius 1 is 0.325 bits per heavy atom. The Hall–Kier alpha value is -4.22.